The van der Waals surface area contributed by atoms with Crippen LogP contribution in [0.3, 0.4) is 0 Å². The summed E-state index contributed by atoms with van der Waals surface area (Å²) in [7, 11) is 0. The second-order valence-electron chi connectivity index (χ2n) is 2.29. The van der Waals surface area contributed by atoms with Crippen LogP contribution in [0.2, 0.25) is 0 Å². The van der Waals surface area contributed by atoms with Crippen LogP contribution < -0.4 is 5.73 Å². The van der Waals surface area contributed by atoms with Gasteiger partial charge in [0.25, 0.3) is 0 Å². The molecule has 0 fully saturated rings. The van der Waals surface area contributed by atoms with Crippen molar-refractivity contribution >= 4 is 5.82 Å². The lowest BCUT2D eigenvalue weighted by Crippen LogP contribution is -1.91. The normalized spacial score (nSPS) is 9.00. The molecular weight excluding hydrogens is 136 g/mol. The maximum Gasteiger partial charge on any atom is 0.123 e. The Balaban J connectivity index is 2.65. The summed E-state index contributed by atoms with van der Waals surface area (Å²) in [5.41, 5.74) is 6.62. The second-order valence-corrected chi connectivity index (χ2v) is 2.29. The van der Waals surface area contributed by atoms with Crippen LogP contribution in [0.1, 0.15) is 12.0 Å². The molecule has 0 saturated heterocycles. The van der Waals surface area contributed by atoms with E-state index in [1.54, 1.807) is 6.20 Å². The van der Waals surface area contributed by atoms with Crippen molar-refractivity contribution < 1.29 is 0 Å². The molecule has 0 aromatic carbocycles. The highest BCUT2D eigenvalue weighted by Crippen LogP contribution is 2.04. The Hall–Kier alpha value is -1.49. The Labute approximate surface area is 66.4 Å². The number of nitrogen functional groups attached to an aromatic ring is 1. The number of aryl methyl sites for hydroxylation is 1. The van der Waals surface area contributed by atoms with E-state index in [2.05, 4.69) is 10.9 Å². The minimum Gasteiger partial charge on any atom is -0.384 e. The molecule has 2 heteroatoms. The lowest BCUT2D eigenvalue weighted by atomic mass is 10.1. The Bertz CT molecular complexity index is 273. The third-order valence-electron chi connectivity index (χ3n) is 1.40. The van der Waals surface area contributed by atoms with Gasteiger partial charge in [0.15, 0.2) is 0 Å². The van der Waals surface area contributed by atoms with E-state index in [0.29, 0.717) is 5.82 Å². The van der Waals surface area contributed by atoms with E-state index in [-0.39, 0.29) is 0 Å². The zero-order valence-corrected chi connectivity index (χ0v) is 6.25. The molecule has 0 aliphatic carbocycles. The van der Waals surface area contributed by atoms with E-state index in [1.165, 1.54) is 0 Å². The highest BCUT2D eigenvalue weighted by Gasteiger charge is 1.91. The van der Waals surface area contributed by atoms with Crippen LogP contribution in [0.4, 0.5) is 5.82 Å². The Morgan fingerprint density at radius 2 is 2.45 bits per heavy atom. The maximum atomic E-state index is 5.47. The standard InChI is InChI=1S/C9H10N2/c1-2-3-4-8-5-6-11-9(10)7-8/h1,5-7H,3-4H2,(H2,10,11). The molecule has 0 aliphatic rings. The smallest absolute Gasteiger partial charge is 0.123 e. The predicted octanol–water partition coefficient (Wildman–Crippen LogP) is 1.23. The lowest BCUT2D eigenvalue weighted by Gasteiger charge is -1.97. The van der Waals surface area contributed by atoms with Gasteiger partial charge in [-0.1, -0.05) is 0 Å². The number of hydrogen-bond donors (Lipinski definition) is 1. The molecule has 11 heavy (non-hydrogen) atoms. The summed E-state index contributed by atoms with van der Waals surface area (Å²) >= 11 is 0. The first kappa shape index (κ1) is 7.62. The molecule has 56 valence electrons. The van der Waals surface area contributed by atoms with Crippen molar-refractivity contribution in [3.8, 4) is 12.3 Å². The lowest BCUT2D eigenvalue weighted by molar-refractivity contribution is 1.02. The molecule has 2 nitrogen and oxygen atoms in total. The fraction of sp³-hybridized carbons (Fsp3) is 0.222. The highest BCUT2D eigenvalue weighted by molar-refractivity contribution is 5.31. The molecule has 0 radical (unpaired) electrons. The topological polar surface area (TPSA) is 38.9 Å². The molecule has 0 unspecified atom stereocenters. The number of aromatic nitrogens is 1. The quantitative estimate of drug-likeness (QED) is 0.637. The van der Waals surface area contributed by atoms with Crippen molar-refractivity contribution in [1.82, 2.24) is 4.98 Å². The first-order valence-electron chi connectivity index (χ1n) is 3.47. The predicted molar refractivity (Wildman–Crippen MR) is 45.8 cm³/mol. The van der Waals surface area contributed by atoms with Crippen LogP contribution in [0, 0.1) is 12.3 Å². The first-order valence-corrected chi connectivity index (χ1v) is 3.47. The van der Waals surface area contributed by atoms with Crippen LogP contribution in [0.25, 0.3) is 0 Å². The fourth-order valence-corrected chi connectivity index (χ4v) is 0.866. The van der Waals surface area contributed by atoms with Gasteiger partial charge in [-0.2, -0.15) is 0 Å². The molecule has 0 aliphatic heterocycles. The summed E-state index contributed by atoms with van der Waals surface area (Å²) in [4.78, 5) is 3.87. The van der Waals surface area contributed by atoms with Crippen molar-refractivity contribution in [3.63, 3.8) is 0 Å². The number of nitrogens with two attached hydrogens (primary N) is 1. The molecule has 1 heterocycles. The van der Waals surface area contributed by atoms with Crippen molar-refractivity contribution in [3.05, 3.63) is 23.9 Å². The molecular formula is C9H10N2. The van der Waals surface area contributed by atoms with Crippen molar-refractivity contribution in [2.24, 2.45) is 0 Å². The number of pyridine rings is 1. The summed E-state index contributed by atoms with van der Waals surface area (Å²) in [5.74, 6) is 3.13. The summed E-state index contributed by atoms with van der Waals surface area (Å²) in [6.45, 7) is 0. The Morgan fingerprint density at radius 3 is 3.09 bits per heavy atom. The van der Waals surface area contributed by atoms with E-state index < -0.39 is 0 Å². The summed E-state index contributed by atoms with van der Waals surface area (Å²) < 4.78 is 0. The van der Waals surface area contributed by atoms with Gasteiger partial charge in [-0.3, -0.25) is 0 Å². The van der Waals surface area contributed by atoms with E-state index in [1.807, 2.05) is 12.1 Å². The zero-order valence-electron chi connectivity index (χ0n) is 6.25. The zero-order chi connectivity index (χ0) is 8.10. The van der Waals surface area contributed by atoms with Gasteiger partial charge in [-0.15, -0.1) is 12.3 Å². The van der Waals surface area contributed by atoms with Gasteiger partial charge in [0.1, 0.15) is 5.82 Å². The van der Waals surface area contributed by atoms with Gasteiger partial charge >= 0.3 is 0 Å². The average molecular weight is 146 g/mol. The molecule has 0 atom stereocenters. The monoisotopic (exact) mass is 146 g/mol. The van der Waals surface area contributed by atoms with Gasteiger partial charge in [-0.05, 0) is 24.1 Å². The van der Waals surface area contributed by atoms with Crippen LogP contribution >= 0.6 is 0 Å². The highest BCUT2D eigenvalue weighted by atomic mass is 14.8. The van der Waals surface area contributed by atoms with Crippen molar-refractivity contribution in [1.29, 1.82) is 0 Å². The second kappa shape index (κ2) is 3.62. The molecule has 0 bridgehead atoms. The Kier molecular flexibility index (Phi) is 2.51. The third kappa shape index (κ3) is 2.30. The molecule has 0 spiro atoms. The van der Waals surface area contributed by atoms with Crippen LogP contribution in [0.5, 0.6) is 0 Å². The molecule has 0 saturated carbocycles. The van der Waals surface area contributed by atoms with Crippen molar-refractivity contribution in [2.75, 3.05) is 5.73 Å². The first-order chi connectivity index (χ1) is 5.33. The van der Waals surface area contributed by atoms with Crippen molar-refractivity contribution in [2.45, 2.75) is 12.8 Å². The number of nitrogens with zero attached hydrogens (tertiary/aromatic N) is 1. The SMILES string of the molecule is C#CCCc1ccnc(N)c1. The number of terminal acetylenes is 1. The number of anilines is 1. The number of hydrogen-bond acceptors (Lipinski definition) is 2. The third-order valence-corrected chi connectivity index (χ3v) is 1.40. The van der Waals surface area contributed by atoms with Crippen LogP contribution in [-0.4, -0.2) is 4.98 Å². The molecule has 1 rings (SSSR count). The van der Waals surface area contributed by atoms with Gasteiger partial charge < -0.3 is 5.73 Å². The van der Waals surface area contributed by atoms with Gasteiger partial charge in [0, 0.05) is 12.6 Å². The summed E-state index contributed by atoms with van der Waals surface area (Å²) in [6, 6.07) is 3.77. The van der Waals surface area contributed by atoms with E-state index in [4.69, 9.17) is 12.2 Å². The molecule has 2 N–H and O–H groups in total. The Morgan fingerprint density at radius 1 is 1.64 bits per heavy atom. The minimum absolute atomic E-state index is 0.555. The van der Waals surface area contributed by atoms with Gasteiger partial charge in [0.05, 0.1) is 0 Å². The van der Waals surface area contributed by atoms with E-state index in [0.717, 1.165) is 18.4 Å². The van der Waals surface area contributed by atoms with Gasteiger partial charge in [0.2, 0.25) is 0 Å². The molecule has 1 aromatic heterocycles. The molecule has 0 amide bonds. The van der Waals surface area contributed by atoms with E-state index in [9.17, 15) is 0 Å². The minimum atomic E-state index is 0.555. The fourth-order valence-electron chi connectivity index (χ4n) is 0.866. The van der Waals surface area contributed by atoms with Crippen LogP contribution in [0.15, 0.2) is 18.3 Å². The van der Waals surface area contributed by atoms with Crippen LogP contribution in [-0.2, 0) is 6.42 Å². The largest absolute Gasteiger partial charge is 0.384 e. The molecule has 1 aromatic rings. The maximum absolute atomic E-state index is 5.47. The summed E-state index contributed by atoms with van der Waals surface area (Å²) in [6.07, 6.45) is 8.44. The van der Waals surface area contributed by atoms with Gasteiger partial charge in [-0.25, -0.2) is 4.98 Å². The van der Waals surface area contributed by atoms with E-state index >= 15 is 0 Å². The summed E-state index contributed by atoms with van der Waals surface area (Å²) in [5, 5.41) is 0. The average Bonchev–Trinajstić information content (AvgIpc) is 2.01. The number of rotatable bonds is 2.